The first-order chi connectivity index (χ1) is 10.3. The molecule has 1 aromatic rings. The molecular weight excluding hydrogens is 269 g/mol. The zero-order chi connectivity index (χ0) is 14.7. The number of methoxy groups -OCH3 is 1. The summed E-state index contributed by atoms with van der Waals surface area (Å²) in [5.41, 5.74) is 1.13. The molecule has 3 rings (SSSR count). The maximum atomic E-state index is 13.0. The summed E-state index contributed by atoms with van der Waals surface area (Å²) in [6, 6.07) is 7.54. The van der Waals surface area contributed by atoms with Crippen molar-refractivity contribution in [3.8, 4) is 0 Å². The van der Waals surface area contributed by atoms with Gasteiger partial charge in [0.05, 0.1) is 6.61 Å². The molecule has 0 amide bonds. The molecule has 0 radical (unpaired) electrons. The van der Waals surface area contributed by atoms with Gasteiger partial charge >= 0.3 is 0 Å². The summed E-state index contributed by atoms with van der Waals surface area (Å²) >= 11 is 0. The lowest BCUT2D eigenvalue weighted by molar-refractivity contribution is 0.0159. The fourth-order valence-electron chi connectivity index (χ4n) is 3.17. The van der Waals surface area contributed by atoms with E-state index in [0.29, 0.717) is 6.04 Å². The number of piperazine rings is 1. The van der Waals surface area contributed by atoms with E-state index in [1.54, 1.807) is 19.2 Å². The van der Waals surface area contributed by atoms with Crippen LogP contribution in [-0.2, 0) is 4.74 Å². The second kappa shape index (κ2) is 6.73. The van der Waals surface area contributed by atoms with Crippen molar-refractivity contribution >= 4 is 5.69 Å². The lowest BCUT2D eigenvalue weighted by Crippen LogP contribution is -2.63. The van der Waals surface area contributed by atoms with Crippen molar-refractivity contribution in [2.45, 2.75) is 6.04 Å². The fourth-order valence-corrected chi connectivity index (χ4v) is 3.17. The van der Waals surface area contributed by atoms with Crippen LogP contribution in [0.4, 0.5) is 10.1 Å². The highest BCUT2D eigenvalue weighted by Gasteiger charge is 2.32. The third kappa shape index (κ3) is 3.54. The first-order valence-electron chi connectivity index (χ1n) is 7.72. The molecule has 21 heavy (non-hydrogen) atoms. The van der Waals surface area contributed by atoms with E-state index in [9.17, 15) is 4.39 Å². The molecular formula is C16H24FN3O. The van der Waals surface area contributed by atoms with Gasteiger partial charge in [0.2, 0.25) is 0 Å². The van der Waals surface area contributed by atoms with Crippen LogP contribution in [0, 0.1) is 5.82 Å². The van der Waals surface area contributed by atoms with E-state index in [2.05, 4.69) is 14.7 Å². The van der Waals surface area contributed by atoms with E-state index in [1.165, 1.54) is 13.1 Å². The number of ether oxygens (including phenoxy) is 1. The fraction of sp³-hybridized carbons (Fsp3) is 0.625. The molecule has 0 bridgehead atoms. The average Bonchev–Trinajstić information content (AvgIpc) is 2.47. The Morgan fingerprint density at radius 1 is 1.10 bits per heavy atom. The Morgan fingerprint density at radius 3 is 2.38 bits per heavy atom. The van der Waals surface area contributed by atoms with E-state index in [4.69, 9.17) is 4.74 Å². The number of nitrogens with zero attached hydrogens (tertiary/aromatic N) is 3. The summed E-state index contributed by atoms with van der Waals surface area (Å²) in [4.78, 5) is 7.38. The number of halogens is 1. The molecule has 5 heteroatoms. The predicted molar refractivity (Wildman–Crippen MR) is 82.3 cm³/mol. The summed E-state index contributed by atoms with van der Waals surface area (Å²) in [6.45, 7) is 8.45. The van der Waals surface area contributed by atoms with Crippen LogP contribution in [0.25, 0.3) is 0 Å². The minimum Gasteiger partial charge on any atom is -0.383 e. The summed E-state index contributed by atoms with van der Waals surface area (Å²) < 4.78 is 18.1. The van der Waals surface area contributed by atoms with Crippen LogP contribution >= 0.6 is 0 Å². The highest BCUT2D eigenvalue weighted by Crippen LogP contribution is 2.20. The smallest absolute Gasteiger partial charge is 0.123 e. The van der Waals surface area contributed by atoms with E-state index in [0.717, 1.165) is 45.0 Å². The van der Waals surface area contributed by atoms with Gasteiger partial charge in [-0.05, 0) is 24.3 Å². The molecule has 2 fully saturated rings. The Bertz CT molecular complexity index is 439. The SMILES string of the molecule is COCCN1CC(N2CCN(c3ccc(F)cc3)CC2)C1. The maximum Gasteiger partial charge on any atom is 0.123 e. The van der Waals surface area contributed by atoms with E-state index in [1.807, 2.05) is 12.1 Å². The maximum absolute atomic E-state index is 13.0. The van der Waals surface area contributed by atoms with Gasteiger partial charge < -0.3 is 9.64 Å². The topological polar surface area (TPSA) is 19.0 Å². The van der Waals surface area contributed by atoms with Crippen LogP contribution in [0.2, 0.25) is 0 Å². The Hall–Kier alpha value is -1.17. The molecule has 1 aromatic carbocycles. The molecule has 2 aliphatic heterocycles. The second-order valence-electron chi connectivity index (χ2n) is 5.91. The number of hydrogen-bond acceptors (Lipinski definition) is 4. The average molecular weight is 293 g/mol. The molecule has 0 aromatic heterocycles. The van der Waals surface area contributed by atoms with E-state index in [-0.39, 0.29) is 5.82 Å². The molecule has 0 saturated carbocycles. The third-order valence-corrected chi connectivity index (χ3v) is 4.57. The number of rotatable bonds is 5. The molecule has 2 aliphatic rings. The molecule has 0 unspecified atom stereocenters. The van der Waals surface area contributed by atoms with Crippen LogP contribution < -0.4 is 4.90 Å². The summed E-state index contributed by atoms with van der Waals surface area (Å²) in [6.07, 6.45) is 0. The first kappa shape index (κ1) is 14.8. The minimum atomic E-state index is -0.164. The number of benzene rings is 1. The molecule has 0 atom stereocenters. The van der Waals surface area contributed by atoms with E-state index < -0.39 is 0 Å². The van der Waals surface area contributed by atoms with Crippen molar-refractivity contribution in [2.24, 2.45) is 0 Å². The zero-order valence-corrected chi connectivity index (χ0v) is 12.7. The van der Waals surface area contributed by atoms with Crippen LogP contribution in [0.1, 0.15) is 0 Å². The molecule has 0 N–H and O–H groups in total. The lowest BCUT2D eigenvalue weighted by Gasteiger charge is -2.48. The summed E-state index contributed by atoms with van der Waals surface area (Å²) in [5, 5.41) is 0. The predicted octanol–water partition coefficient (Wildman–Crippen LogP) is 1.28. The van der Waals surface area contributed by atoms with Crippen molar-refractivity contribution in [3.63, 3.8) is 0 Å². The van der Waals surface area contributed by atoms with Crippen LogP contribution in [0.15, 0.2) is 24.3 Å². The molecule has 116 valence electrons. The number of likely N-dealkylation sites (tertiary alicyclic amines) is 1. The second-order valence-corrected chi connectivity index (χ2v) is 5.91. The lowest BCUT2D eigenvalue weighted by atomic mass is 10.1. The normalized spacial score (nSPS) is 21.5. The number of hydrogen-bond donors (Lipinski definition) is 0. The van der Waals surface area contributed by atoms with Crippen LogP contribution in [-0.4, -0.2) is 75.4 Å². The Morgan fingerprint density at radius 2 is 1.76 bits per heavy atom. The highest BCUT2D eigenvalue weighted by atomic mass is 19.1. The zero-order valence-electron chi connectivity index (χ0n) is 12.7. The van der Waals surface area contributed by atoms with Gasteiger partial charge in [0.25, 0.3) is 0 Å². The van der Waals surface area contributed by atoms with Crippen molar-refractivity contribution < 1.29 is 9.13 Å². The highest BCUT2D eigenvalue weighted by molar-refractivity contribution is 5.46. The van der Waals surface area contributed by atoms with Gasteiger partial charge in [0.15, 0.2) is 0 Å². The van der Waals surface area contributed by atoms with Gasteiger partial charge in [-0.3, -0.25) is 9.80 Å². The van der Waals surface area contributed by atoms with Gasteiger partial charge in [-0.15, -0.1) is 0 Å². The van der Waals surface area contributed by atoms with Crippen LogP contribution in [0.5, 0.6) is 0 Å². The van der Waals surface area contributed by atoms with Crippen molar-refractivity contribution in [1.82, 2.24) is 9.80 Å². The van der Waals surface area contributed by atoms with Crippen molar-refractivity contribution in [3.05, 3.63) is 30.1 Å². The van der Waals surface area contributed by atoms with Crippen molar-refractivity contribution in [1.29, 1.82) is 0 Å². The number of anilines is 1. The monoisotopic (exact) mass is 293 g/mol. The van der Waals surface area contributed by atoms with Gasteiger partial charge in [-0.25, -0.2) is 4.39 Å². The minimum absolute atomic E-state index is 0.164. The largest absolute Gasteiger partial charge is 0.383 e. The summed E-state index contributed by atoms with van der Waals surface area (Å²) in [7, 11) is 1.76. The van der Waals surface area contributed by atoms with Crippen molar-refractivity contribution in [2.75, 3.05) is 64.4 Å². The Balaban J connectivity index is 1.43. The molecule has 0 aliphatic carbocycles. The molecule has 2 saturated heterocycles. The Kier molecular flexibility index (Phi) is 4.73. The van der Waals surface area contributed by atoms with Crippen LogP contribution in [0.3, 0.4) is 0 Å². The standard InChI is InChI=1S/C16H24FN3O/c1-21-11-10-18-12-16(13-18)20-8-6-19(7-9-20)15-4-2-14(17)3-5-15/h2-5,16H,6-13H2,1H3. The molecule has 4 nitrogen and oxygen atoms in total. The quantitative estimate of drug-likeness (QED) is 0.814. The molecule has 0 spiro atoms. The van der Waals surface area contributed by atoms with E-state index >= 15 is 0 Å². The summed E-state index contributed by atoms with van der Waals surface area (Å²) in [5.74, 6) is -0.164. The van der Waals surface area contributed by atoms with Gasteiger partial charge in [-0.2, -0.15) is 0 Å². The first-order valence-corrected chi connectivity index (χ1v) is 7.72. The van der Waals surface area contributed by atoms with Gasteiger partial charge in [-0.1, -0.05) is 0 Å². The van der Waals surface area contributed by atoms with Gasteiger partial charge in [0, 0.05) is 64.7 Å². The van der Waals surface area contributed by atoms with Gasteiger partial charge in [0.1, 0.15) is 5.82 Å². The molecule has 2 heterocycles. The third-order valence-electron chi connectivity index (χ3n) is 4.57. The Labute approximate surface area is 126 Å².